The average molecular weight is 529 g/mol. The Bertz CT molecular complexity index is 1080. The summed E-state index contributed by atoms with van der Waals surface area (Å²) in [5, 5.41) is 3.59. The van der Waals surface area contributed by atoms with E-state index in [4.69, 9.17) is 0 Å². The summed E-state index contributed by atoms with van der Waals surface area (Å²) in [4.78, 5) is 17.8. The highest BCUT2D eigenvalue weighted by Crippen LogP contribution is 2.37. The Labute approximate surface area is 210 Å². The highest BCUT2D eigenvalue weighted by atomic mass is 32.3. The number of thiol groups is 1. The number of urea groups is 1. The summed E-state index contributed by atoms with van der Waals surface area (Å²) in [6.07, 6.45) is 0. The van der Waals surface area contributed by atoms with Gasteiger partial charge in [-0.25, -0.2) is 18.4 Å². The van der Waals surface area contributed by atoms with Gasteiger partial charge < -0.3 is 5.32 Å². The van der Waals surface area contributed by atoms with E-state index in [1.165, 1.54) is 23.5 Å². The average Bonchev–Trinajstić information content (AvgIpc) is 2.99. The molecule has 0 aliphatic rings. The van der Waals surface area contributed by atoms with E-state index in [1.54, 1.807) is 0 Å². The van der Waals surface area contributed by atoms with E-state index in [9.17, 15) is 13.4 Å². The maximum Gasteiger partial charge on any atom is 0.330 e. The van der Waals surface area contributed by atoms with E-state index < -0.39 is 24.6 Å². The monoisotopic (exact) mass is 528 g/mol. The summed E-state index contributed by atoms with van der Waals surface area (Å²) >= 11 is 1.33. The van der Waals surface area contributed by atoms with Crippen LogP contribution in [0.15, 0.2) is 16.3 Å². The van der Waals surface area contributed by atoms with Gasteiger partial charge in [0.05, 0.1) is 10.7 Å². The lowest BCUT2D eigenvalue weighted by molar-refractivity contribution is 0.256. The van der Waals surface area contributed by atoms with Gasteiger partial charge >= 0.3 is 6.03 Å². The number of carbonyl (C=O) groups is 1. The number of anilines is 1. The van der Waals surface area contributed by atoms with Crippen molar-refractivity contribution in [3.05, 3.63) is 39.8 Å². The molecule has 0 radical (unpaired) electrons. The van der Waals surface area contributed by atoms with E-state index in [2.05, 4.69) is 53.3 Å². The van der Waals surface area contributed by atoms with E-state index in [0.717, 1.165) is 5.01 Å². The number of nitrogens with zero attached hydrogens (tertiary/aromatic N) is 1. The minimum atomic E-state index is -3.56. The van der Waals surface area contributed by atoms with Crippen LogP contribution in [-0.4, -0.2) is 23.5 Å². The van der Waals surface area contributed by atoms with E-state index >= 15 is 0 Å². The minimum absolute atomic E-state index is 0.00736. The largest absolute Gasteiger partial charge is 0.330 e. The molecule has 0 spiro atoms. The summed E-state index contributed by atoms with van der Waals surface area (Å²) in [7, 11) is -5.84. The molecule has 2 rings (SSSR count). The fourth-order valence-electron chi connectivity index (χ4n) is 3.49. The molecule has 0 fully saturated rings. The Morgan fingerprint density at radius 2 is 1.59 bits per heavy atom. The summed E-state index contributed by atoms with van der Waals surface area (Å²) in [5.74, 6) is -0.349. The number of aromatic nitrogens is 1. The van der Waals surface area contributed by atoms with Crippen LogP contribution >= 0.6 is 11.3 Å². The summed E-state index contributed by atoms with van der Waals surface area (Å²) in [6, 6.07) is 2.32. The van der Waals surface area contributed by atoms with Crippen LogP contribution < -0.4 is 14.4 Å². The Balaban J connectivity index is 2.53. The number of thiazole rings is 1. The fraction of sp³-hybridized carbons (Fsp3) is 0.583. The molecule has 2 aromatic rings. The molecular weight excluding hydrogens is 488 g/mol. The van der Waals surface area contributed by atoms with E-state index in [1.807, 2.05) is 41.5 Å². The van der Waals surface area contributed by atoms with Gasteiger partial charge in [0.2, 0.25) is 0 Å². The highest BCUT2D eigenvalue weighted by molar-refractivity contribution is 8.03. The second-order valence-electron chi connectivity index (χ2n) is 11.1. The number of aryl methyl sites for hydroxylation is 2. The predicted octanol–water partition coefficient (Wildman–Crippen LogP) is 6.77. The van der Waals surface area contributed by atoms with Crippen molar-refractivity contribution in [1.29, 1.82) is 0 Å². The first-order valence-corrected chi connectivity index (χ1v) is 17.2. The lowest BCUT2D eigenvalue weighted by Crippen LogP contribution is -2.61. The van der Waals surface area contributed by atoms with Crippen molar-refractivity contribution in [1.82, 2.24) is 14.1 Å². The van der Waals surface area contributed by atoms with Gasteiger partial charge in [0, 0.05) is 16.0 Å². The van der Waals surface area contributed by atoms with Crippen molar-refractivity contribution in [3.63, 3.8) is 0 Å². The van der Waals surface area contributed by atoms with Gasteiger partial charge in [-0.05, 0) is 54.0 Å². The number of nitrogens with one attached hydrogen (secondary N) is 3. The number of hydrogen-bond donors (Lipinski definition) is 4. The second-order valence-corrected chi connectivity index (χ2v) is 20.1. The Kier molecular flexibility index (Phi) is 8.55. The molecule has 2 amide bonds. The zero-order chi connectivity index (χ0) is 26.2. The number of halogens is 1. The normalized spacial score (nSPS) is 13.5. The molecule has 6 nitrogen and oxygen atoms in total. The molecule has 34 heavy (non-hydrogen) atoms. The van der Waals surface area contributed by atoms with Gasteiger partial charge in [-0.2, -0.15) is 0 Å². The molecular formula is C24H41FN4O2S2Si. The first-order valence-electron chi connectivity index (χ1n) is 11.6. The molecule has 0 aliphatic heterocycles. The number of benzene rings is 1. The Hall–Kier alpha value is -1.62. The van der Waals surface area contributed by atoms with Gasteiger partial charge in [0.15, 0.2) is 0 Å². The molecule has 0 saturated carbocycles. The molecule has 10 heteroatoms. The maximum absolute atomic E-state index is 14.5. The molecule has 1 aromatic carbocycles. The highest BCUT2D eigenvalue weighted by Gasteiger charge is 2.41. The van der Waals surface area contributed by atoms with Crippen molar-refractivity contribution < 1.29 is 13.4 Å². The SMILES string of the molecule is Cc1nc(C)c([SH](=O)(NC(=O)Nc2c(C(C)C)cc(F)cc2C(C)C)N[Si](C)(C)C(C)(C)C)s1. The van der Waals surface area contributed by atoms with Crippen molar-refractivity contribution in [3.8, 4) is 0 Å². The van der Waals surface area contributed by atoms with Crippen LogP contribution in [0.1, 0.15) is 82.1 Å². The van der Waals surface area contributed by atoms with Crippen LogP contribution in [0.2, 0.25) is 18.1 Å². The Morgan fingerprint density at radius 1 is 1.09 bits per heavy atom. The molecule has 1 aromatic heterocycles. The van der Waals surface area contributed by atoms with Crippen LogP contribution in [0, 0.1) is 19.7 Å². The fourth-order valence-corrected chi connectivity index (χ4v) is 11.7. The predicted molar refractivity (Wildman–Crippen MR) is 146 cm³/mol. The van der Waals surface area contributed by atoms with Crippen LogP contribution in [0.4, 0.5) is 14.9 Å². The quantitative estimate of drug-likeness (QED) is 0.236. The molecule has 0 atom stereocenters. The first kappa shape index (κ1) is 28.6. The first-order chi connectivity index (χ1) is 15.4. The van der Waals surface area contributed by atoms with E-state index in [-0.39, 0.29) is 22.7 Å². The smallest absolute Gasteiger partial charge is 0.307 e. The van der Waals surface area contributed by atoms with Gasteiger partial charge in [-0.3, -0.25) is 9.11 Å². The second kappa shape index (κ2) is 10.2. The van der Waals surface area contributed by atoms with Crippen LogP contribution in [0.5, 0.6) is 0 Å². The van der Waals surface area contributed by atoms with Crippen LogP contribution in [0.3, 0.4) is 0 Å². The zero-order valence-corrected chi connectivity index (χ0v) is 25.0. The van der Waals surface area contributed by atoms with Gasteiger partial charge in [-0.1, -0.05) is 61.6 Å². The van der Waals surface area contributed by atoms with Crippen LogP contribution in [0.25, 0.3) is 0 Å². The molecule has 0 aliphatic carbocycles. The third-order valence-electron chi connectivity index (χ3n) is 6.38. The zero-order valence-electron chi connectivity index (χ0n) is 22.3. The summed E-state index contributed by atoms with van der Waals surface area (Å²) in [6.45, 7) is 22.0. The molecule has 3 N–H and O–H groups in total. The third kappa shape index (κ3) is 6.33. The third-order valence-corrected chi connectivity index (χ3v) is 17.0. The minimum Gasteiger partial charge on any atom is -0.307 e. The van der Waals surface area contributed by atoms with Crippen molar-refractivity contribution in [2.75, 3.05) is 5.32 Å². The standard InChI is InChI=1S/C24H41FN4O2S2Si/c1-14(2)19-12-18(25)13-20(15(3)4)21(19)27-23(30)28-33(31,22-16(5)26-17(6)32-22)29-34(10,11)24(7,8)9/h12-15,33H,1-11H3,(H3,27,28,29,30,31). The van der Waals surface area contributed by atoms with Gasteiger partial charge in [-0.15, -0.1) is 11.3 Å². The Morgan fingerprint density at radius 3 is 1.97 bits per heavy atom. The van der Waals surface area contributed by atoms with Crippen molar-refractivity contribution in [2.24, 2.45) is 0 Å². The van der Waals surface area contributed by atoms with Gasteiger partial charge in [0.1, 0.15) is 18.3 Å². The number of rotatable bonds is 7. The summed E-state index contributed by atoms with van der Waals surface area (Å²) in [5.41, 5.74) is 2.62. The molecule has 192 valence electrons. The maximum atomic E-state index is 14.5. The molecule has 1 heterocycles. The number of carbonyl (C=O) groups excluding carboxylic acids is 1. The van der Waals surface area contributed by atoms with Crippen molar-refractivity contribution in [2.45, 2.75) is 96.5 Å². The number of amides is 2. The van der Waals surface area contributed by atoms with Gasteiger partial charge in [0.25, 0.3) is 0 Å². The van der Waals surface area contributed by atoms with Crippen molar-refractivity contribution >= 4 is 41.6 Å². The molecule has 0 saturated heterocycles. The van der Waals surface area contributed by atoms with Crippen LogP contribution in [-0.2, 0) is 10.3 Å². The molecule has 0 bridgehead atoms. The topological polar surface area (TPSA) is 83.1 Å². The summed E-state index contributed by atoms with van der Waals surface area (Å²) < 4.78 is 35.5. The van der Waals surface area contributed by atoms with E-state index in [0.29, 0.717) is 26.7 Å². The number of hydrogen-bond acceptors (Lipinski definition) is 4. The molecule has 0 unspecified atom stereocenters. The lowest BCUT2D eigenvalue weighted by atomic mass is 9.92. The lowest BCUT2D eigenvalue weighted by Gasteiger charge is -2.42.